The smallest absolute Gasteiger partial charge is 0.222 e. The molecule has 0 spiro atoms. The summed E-state index contributed by atoms with van der Waals surface area (Å²) in [7, 11) is 0. The third-order valence-electron chi connectivity index (χ3n) is 3.71. The van der Waals surface area contributed by atoms with E-state index in [1.807, 2.05) is 24.8 Å². The summed E-state index contributed by atoms with van der Waals surface area (Å²) in [6.07, 6.45) is 1.50. The Kier molecular flexibility index (Phi) is 4.28. The Hall–Kier alpha value is -2.09. The highest BCUT2D eigenvalue weighted by molar-refractivity contribution is 7.13. The van der Waals surface area contributed by atoms with Gasteiger partial charge in [0, 0.05) is 31.5 Å². The molecule has 7 nitrogen and oxygen atoms in total. The first kappa shape index (κ1) is 14.8. The molecule has 22 heavy (non-hydrogen) atoms. The maximum Gasteiger partial charge on any atom is 0.222 e. The number of likely N-dealkylation sites (tertiary alicyclic amines) is 1. The van der Waals surface area contributed by atoms with E-state index in [1.165, 1.54) is 11.3 Å². The summed E-state index contributed by atoms with van der Waals surface area (Å²) in [6, 6.07) is 1.94. The number of carbonyl (C=O) groups is 1. The Morgan fingerprint density at radius 2 is 2.36 bits per heavy atom. The normalized spacial score (nSPS) is 17.7. The van der Waals surface area contributed by atoms with Crippen LogP contribution in [-0.4, -0.2) is 44.1 Å². The molecule has 3 heterocycles. The lowest BCUT2D eigenvalue weighted by molar-refractivity contribution is -0.129. The van der Waals surface area contributed by atoms with Crippen molar-refractivity contribution < 1.29 is 4.79 Å². The molecule has 2 aromatic rings. The molecule has 1 atom stereocenters. The molecule has 1 fully saturated rings. The van der Waals surface area contributed by atoms with Gasteiger partial charge in [0.1, 0.15) is 17.2 Å². The van der Waals surface area contributed by atoms with Crippen molar-refractivity contribution in [2.45, 2.75) is 32.6 Å². The van der Waals surface area contributed by atoms with Gasteiger partial charge in [0.15, 0.2) is 0 Å². The summed E-state index contributed by atoms with van der Waals surface area (Å²) >= 11 is 1.42. The van der Waals surface area contributed by atoms with Crippen molar-refractivity contribution >= 4 is 28.2 Å². The van der Waals surface area contributed by atoms with Gasteiger partial charge >= 0.3 is 0 Å². The number of carbonyl (C=O) groups excluding carboxylic acids is 1. The van der Waals surface area contributed by atoms with Gasteiger partial charge in [0.25, 0.3) is 0 Å². The third-order valence-corrected chi connectivity index (χ3v) is 4.32. The molecule has 0 bridgehead atoms. The molecule has 3 rings (SSSR count). The van der Waals surface area contributed by atoms with Crippen LogP contribution in [0.15, 0.2) is 11.6 Å². The highest BCUT2D eigenvalue weighted by atomic mass is 32.1. The van der Waals surface area contributed by atoms with Gasteiger partial charge in [-0.3, -0.25) is 4.79 Å². The van der Waals surface area contributed by atoms with Gasteiger partial charge in [-0.05, 0) is 13.3 Å². The number of aryl methyl sites for hydroxylation is 1. The molecule has 1 N–H and O–H groups in total. The van der Waals surface area contributed by atoms with Crippen molar-refractivity contribution in [1.82, 2.24) is 25.1 Å². The Morgan fingerprint density at radius 3 is 3.09 bits per heavy atom. The van der Waals surface area contributed by atoms with Crippen LogP contribution in [0.1, 0.15) is 37.2 Å². The monoisotopic (exact) mass is 318 g/mol. The van der Waals surface area contributed by atoms with Crippen LogP contribution in [-0.2, 0) is 4.79 Å². The average Bonchev–Trinajstić information content (AvgIpc) is 3.17. The zero-order valence-corrected chi connectivity index (χ0v) is 13.4. The maximum absolute atomic E-state index is 11.8. The Balaban J connectivity index is 1.77. The van der Waals surface area contributed by atoms with E-state index < -0.39 is 0 Å². The molecule has 116 valence electrons. The average molecular weight is 318 g/mol. The number of hydrogen-bond donors (Lipinski definition) is 1. The predicted molar refractivity (Wildman–Crippen MR) is 84.2 cm³/mol. The lowest BCUT2D eigenvalue weighted by atomic mass is 10.0. The van der Waals surface area contributed by atoms with Gasteiger partial charge in [-0.15, -0.1) is 10.2 Å². The molecular formula is C14H18N6OS. The van der Waals surface area contributed by atoms with E-state index in [9.17, 15) is 4.79 Å². The van der Waals surface area contributed by atoms with Crippen molar-refractivity contribution in [2.24, 2.45) is 0 Å². The van der Waals surface area contributed by atoms with E-state index in [4.69, 9.17) is 0 Å². The first-order valence-electron chi connectivity index (χ1n) is 7.32. The fourth-order valence-electron chi connectivity index (χ4n) is 2.65. The SMILES string of the molecule is CCC(=O)N1CC[C@@H](c2cc(Nc3nncs3)nc(C)n2)C1. The van der Waals surface area contributed by atoms with Crippen molar-refractivity contribution in [3.05, 3.63) is 23.1 Å². The van der Waals surface area contributed by atoms with E-state index in [1.54, 1.807) is 5.51 Å². The van der Waals surface area contributed by atoms with E-state index in [2.05, 4.69) is 25.5 Å². The van der Waals surface area contributed by atoms with Crippen LogP contribution in [0.3, 0.4) is 0 Å². The van der Waals surface area contributed by atoms with Crippen molar-refractivity contribution in [2.75, 3.05) is 18.4 Å². The summed E-state index contributed by atoms with van der Waals surface area (Å²) < 4.78 is 0. The number of nitrogens with zero attached hydrogens (tertiary/aromatic N) is 5. The molecule has 0 aliphatic carbocycles. The maximum atomic E-state index is 11.8. The lowest BCUT2D eigenvalue weighted by Gasteiger charge is -2.15. The second kappa shape index (κ2) is 6.35. The topological polar surface area (TPSA) is 83.9 Å². The first-order chi connectivity index (χ1) is 10.7. The number of aromatic nitrogens is 4. The van der Waals surface area contributed by atoms with Crippen molar-refractivity contribution in [3.63, 3.8) is 0 Å². The fourth-order valence-corrected chi connectivity index (χ4v) is 3.10. The molecule has 8 heteroatoms. The molecule has 1 aliphatic rings. The molecule has 1 saturated heterocycles. The largest absolute Gasteiger partial charge is 0.342 e. The van der Waals surface area contributed by atoms with Crippen LogP contribution in [0.5, 0.6) is 0 Å². The van der Waals surface area contributed by atoms with Gasteiger partial charge < -0.3 is 10.2 Å². The Morgan fingerprint density at radius 1 is 1.50 bits per heavy atom. The van der Waals surface area contributed by atoms with Crippen LogP contribution < -0.4 is 5.32 Å². The second-order valence-electron chi connectivity index (χ2n) is 5.27. The lowest BCUT2D eigenvalue weighted by Crippen LogP contribution is -2.27. The number of hydrogen-bond acceptors (Lipinski definition) is 7. The highest BCUT2D eigenvalue weighted by Gasteiger charge is 2.27. The van der Waals surface area contributed by atoms with Gasteiger partial charge in [0.05, 0.1) is 5.69 Å². The minimum absolute atomic E-state index is 0.209. The van der Waals surface area contributed by atoms with E-state index in [-0.39, 0.29) is 11.8 Å². The first-order valence-corrected chi connectivity index (χ1v) is 8.20. The standard InChI is InChI=1S/C14H18N6OS/c1-3-13(21)20-5-4-10(7-20)11-6-12(17-9(2)16-11)18-14-19-15-8-22-14/h6,8,10H,3-5,7H2,1-2H3,(H,16,17,18,19)/t10-/m1/s1. The molecule has 0 unspecified atom stereocenters. The summed E-state index contributed by atoms with van der Waals surface area (Å²) in [4.78, 5) is 22.6. The Bertz CT molecular complexity index is 659. The number of anilines is 2. The van der Waals surface area contributed by atoms with Crippen LogP contribution in [0.4, 0.5) is 10.9 Å². The molecule has 0 saturated carbocycles. The molecule has 1 aliphatic heterocycles. The molecule has 0 radical (unpaired) electrons. The summed E-state index contributed by atoms with van der Waals surface area (Å²) in [5, 5.41) is 11.6. The zero-order valence-electron chi connectivity index (χ0n) is 12.6. The molecule has 2 aromatic heterocycles. The van der Waals surface area contributed by atoms with Crippen molar-refractivity contribution in [1.29, 1.82) is 0 Å². The van der Waals surface area contributed by atoms with Crippen molar-refractivity contribution in [3.8, 4) is 0 Å². The molecular weight excluding hydrogens is 300 g/mol. The van der Waals surface area contributed by atoms with Crippen LogP contribution in [0.25, 0.3) is 0 Å². The van der Waals surface area contributed by atoms with Crippen LogP contribution in [0, 0.1) is 6.92 Å². The summed E-state index contributed by atoms with van der Waals surface area (Å²) in [5.41, 5.74) is 2.65. The van der Waals surface area contributed by atoms with E-state index in [0.29, 0.717) is 17.4 Å². The predicted octanol–water partition coefficient (Wildman–Crippen LogP) is 2.11. The molecule has 1 amide bonds. The zero-order chi connectivity index (χ0) is 15.5. The minimum atomic E-state index is 0.209. The summed E-state index contributed by atoms with van der Waals surface area (Å²) in [5.74, 6) is 1.91. The van der Waals surface area contributed by atoms with Crippen LogP contribution >= 0.6 is 11.3 Å². The number of amides is 1. The minimum Gasteiger partial charge on any atom is -0.342 e. The highest BCUT2D eigenvalue weighted by Crippen LogP contribution is 2.28. The number of nitrogens with one attached hydrogen (secondary N) is 1. The van der Waals surface area contributed by atoms with E-state index in [0.717, 1.165) is 31.0 Å². The third kappa shape index (κ3) is 3.22. The Labute approximate surface area is 132 Å². The van der Waals surface area contributed by atoms with E-state index >= 15 is 0 Å². The molecule has 0 aromatic carbocycles. The van der Waals surface area contributed by atoms with Gasteiger partial charge in [-0.2, -0.15) is 0 Å². The van der Waals surface area contributed by atoms with Gasteiger partial charge in [-0.1, -0.05) is 18.3 Å². The second-order valence-corrected chi connectivity index (χ2v) is 6.11. The fraction of sp³-hybridized carbons (Fsp3) is 0.500. The van der Waals surface area contributed by atoms with Crippen LogP contribution in [0.2, 0.25) is 0 Å². The summed E-state index contributed by atoms with van der Waals surface area (Å²) in [6.45, 7) is 5.31. The quantitative estimate of drug-likeness (QED) is 0.929. The van der Waals surface area contributed by atoms with Gasteiger partial charge in [-0.25, -0.2) is 9.97 Å². The van der Waals surface area contributed by atoms with Gasteiger partial charge in [0.2, 0.25) is 11.0 Å². The number of rotatable bonds is 4.